The minimum atomic E-state index is 0.417. The fraction of sp³-hybridized carbons (Fsp3) is 0.750. The van der Waals surface area contributed by atoms with E-state index in [0.717, 1.165) is 18.8 Å². The molecule has 19 heavy (non-hydrogen) atoms. The first-order chi connectivity index (χ1) is 9.12. The Labute approximate surface area is 116 Å². The smallest absolute Gasteiger partial charge is 0.132 e. The van der Waals surface area contributed by atoms with Gasteiger partial charge in [-0.1, -0.05) is 27.2 Å². The maximum absolute atomic E-state index is 4.91. The second-order valence-electron chi connectivity index (χ2n) is 6.73. The van der Waals surface area contributed by atoms with E-state index in [9.17, 15) is 0 Å². The third-order valence-corrected chi connectivity index (χ3v) is 4.73. The van der Waals surface area contributed by atoms with Gasteiger partial charge in [-0.15, -0.1) is 0 Å². The van der Waals surface area contributed by atoms with Gasteiger partial charge in [-0.25, -0.2) is 9.97 Å². The van der Waals surface area contributed by atoms with Gasteiger partial charge in [-0.2, -0.15) is 0 Å². The van der Waals surface area contributed by atoms with Gasteiger partial charge in [0.25, 0.3) is 0 Å². The van der Waals surface area contributed by atoms with Crippen molar-refractivity contribution in [3.63, 3.8) is 0 Å². The second-order valence-corrected chi connectivity index (χ2v) is 6.73. The van der Waals surface area contributed by atoms with E-state index in [-0.39, 0.29) is 0 Å². The lowest BCUT2D eigenvalue weighted by Crippen LogP contribution is -2.22. The summed E-state index contributed by atoms with van der Waals surface area (Å²) in [6, 6.07) is 0.462. The largest absolute Gasteiger partial charge is 0.310 e. The molecular weight excluding hydrogens is 234 g/mol. The van der Waals surface area contributed by atoms with Gasteiger partial charge in [0.1, 0.15) is 5.82 Å². The Morgan fingerprint density at radius 1 is 1.37 bits per heavy atom. The second kappa shape index (κ2) is 4.86. The van der Waals surface area contributed by atoms with Crippen LogP contribution in [0.2, 0.25) is 0 Å². The van der Waals surface area contributed by atoms with Gasteiger partial charge in [0.15, 0.2) is 0 Å². The Morgan fingerprint density at radius 2 is 2.16 bits per heavy atom. The topological polar surface area (TPSA) is 37.8 Å². The molecular formula is C16H25N3. The fourth-order valence-corrected chi connectivity index (χ4v) is 3.26. The first kappa shape index (κ1) is 13.0. The SMILES string of the molecule is CCNC1CCCCc2nc(C3CC3(C)C)ncc21. The first-order valence-corrected chi connectivity index (χ1v) is 7.71. The molecule has 3 heteroatoms. The van der Waals surface area contributed by atoms with E-state index >= 15 is 0 Å². The average molecular weight is 259 g/mol. The van der Waals surface area contributed by atoms with E-state index in [1.807, 2.05) is 0 Å². The Bertz CT molecular complexity index is 467. The van der Waals surface area contributed by atoms with Gasteiger partial charge < -0.3 is 5.32 Å². The van der Waals surface area contributed by atoms with Crippen LogP contribution in [-0.4, -0.2) is 16.5 Å². The van der Waals surface area contributed by atoms with Gasteiger partial charge in [0.2, 0.25) is 0 Å². The summed E-state index contributed by atoms with van der Waals surface area (Å²) in [6.07, 6.45) is 8.24. The van der Waals surface area contributed by atoms with Crippen molar-refractivity contribution in [3.8, 4) is 0 Å². The number of rotatable bonds is 3. The van der Waals surface area contributed by atoms with Crippen molar-refractivity contribution in [1.82, 2.24) is 15.3 Å². The lowest BCUT2D eigenvalue weighted by molar-refractivity contribution is 0.502. The molecule has 0 radical (unpaired) electrons. The van der Waals surface area contributed by atoms with Crippen molar-refractivity contribution in [2.75, 3.05) is 6.54 Å². The number of nitrogens with zero attached hydrogens (tertiary/aromatic N) is 2. The van der Waals surface area contributed by atoms with Crippen LogP contribution in [0.1, 0.15) is 75.5 Å². The van der Waals surface area contributed by atoms with Crippen LogP contribution in [0.4, 0.5) is 0 Å². The highest BCUT2D eigenvalue weighted by atomic mass is 15.0. The number of hydrogen-bond acceptors (Lipinski definition) is 3. The van der Waals surface area contributed by atoms with Gasteiger partial charge in [0.05, 0.1) is 0 Å². The van der Waals surface area contributed by atoms with Crippen LogP contribution in [0.25, 0.3) is 0 Å². The number of aryl methyl sites for hydroxylation is 1. The molecule has 1 saturated carbocycles. The van der Waals surface area contributed by atoms with Crippen LogP contribution >= 0.6 is 0 Å². The predicted molar refractivity (Wildman–Crippen MR) is 77.1 cm³/mol. The quantitative estimate of drug-likeness (QED) is 0.846. The summed E-state index contributed by atoms with van der Waals surface area (Å²) in [7, 11) is 0. The van der Waals surface area contributed by atoms with Crippen molar-refractivity contribution in [2.24, 2.45) is 5.41 Å². The summed E-state index contributed by atoms with van der Waals surface area (Å²) in [6.45, 7) is 7.82. The number of aromatic nitrogens is 2. The maximum atomic E-state index is 4.91. The highest BCUT2D eigenvalue weighted by molar-refractivity contribution is 5.26. The molecule has 2 aliphatic carbocycles. The minimum absolute atomic E-state index is 0.417. The molecule has 0 aliphatic heterocycles. The van der Waals surface area contributed by atoms with E-state index < -0.39 is 0 Å². The van der Waals surface area contributed by atoms with Crippen LogP contribution in [0.3, 0.4) is 0 Å². The molecule has 0 bridgehead atoms. The Kier molecular flexibility index (Phi) is 3.34. The van der Waals surface area contributed by atoms with Crippen molar-refractivity contribution >= 4 is 0 Å². The van der Waals surface area contributed by atoms with Crippen LogP contribution in [0.5, 0.6) is 0 Å². The molecule has 1 fully saturated rings. The Hall–Kier alpha value is -0.960. The third-order valence-electron chi connectivity index (χ3n) is 4.73. The molecule has 1 heterocycles. The summed E-state index contributed by atoms with van der Waals surface area (Å²) in [4.78, 5) is 9.58. The molecule has 2 unspecified atom stereocenters. The van der Waals surface area contributed by atoms with Crippen molar-refractivity contribution < 1.29 is 0 Å². The summed E-state index contributed by atoms with van der Waals surface area (Å²) >= 11 is 0. The molecule has 2 aliphatic rings. The highest BCUT2D eigenvalue weighted by Crippen LogP contribution is 2.57. The number of fused-ring (bicyclic) bond motifs is 1. The predicted octanol–water partition coefficient (Wildman–Crippen LogP) is 3.37. The van der Waals surface area contributed by atoms with Crippen LogP contribution in [0.15, 0.2) is 6.20 Å². The summed E-state index contributed by atoms with van der Waals surface area (Å²) in [5, 5.41) is 3.58. The molecule has 1 aromatic rings. The Balaban J connectivity index is 1.89. The molecule has 3 rings (SSSR count). The molecule has 0 amide bonds. The molecule has 0 aromatic carbocycles. The maximum Gasteiger partial charge on any atom is 0.132 e. The van der Waals surface area contributed by atoms with Gasteiger partial charge in [-0.05, 0) is 37.6 Å². The van der Waals surface area contributed by atoms with Crippen molar-refractivity contribution in [2.45, 2.75) is 64.8 Å². The highest BCUT2D eigenvalue weighted by Gasteiger charge is 2.48. The lowest BCUT2D eigenvalue weighted by atomic mass is 10.0. The minimum Gasteiger partial charge on any atom is -0.310 e. The summed E-state index contributed by atoms with van der Waals surface area (Å²) < 4.78 is 0. The molecule has 1 N–H and O–H groups in total. The van der Waals surface area contributed by atoms with E-state index in [1.54, 1.807) is 0 Å². The number of hydrogen-bond donors (Lipinski definition) is 1. The summed E-state index contributed by atoms with van der Waals surface area (Å²) in [5.41, 5.74) is 3.07. The summed E-state index contributed by atoms with van der Waals surface area (Å²) in [5.74, 6) is 1.67. The first-order valence-electron chi connectivity index (χ1n) is 7.71. The molecule has 1 aromatic heterocycles. The average Bonchev–Trinajstić information content (AvgIpc) is 3.06. The zero-order chi connectivity index (χ0) is 13.5. The normalized spacial score (nSPS) is 28.6. The monoisotopic (exact) mass is 259 g/mol. The number of nitrogens with one attached hydrogen (secondary N) is 1. The lowest BCUT2D eigenvalue weighted by Gasteiger charge is -2.18. The van der Waals surface area contributed by atoms with Gasteiger partial charge in [-0.3, -0.25) is 0 Å². The zero-order valence-electron chi connectivity index (χ0n) is 12.4. The van der Waals surface area contributed by atoms with Crippen LogP contribution in [0, 0.1) is 5.41 Å². The van der Waals surface area contributed by atoms with Crippen LogP contribution < -0.4 is 5.32 Å². The zero-order valence-corrected chi connectivity index (χ0v) is 12.4. The van der Waals surface area contributed by atoms with Gasteiger partial charge in [0, 0.05) is 29.4 Å². The van der Waals surface area contributed by atoms with Gasteiger partial charge >= 0.3 is 0 Å². The molecule has 0 saturated heterocycles. The molecule has 2 atom stereocenters. The van der Waals surface area contributed by atoms with E-state index in [1.165, 1.54) is 36.9 Å². The molecule has 0 spiro atoms. The molecule has 104 valence electrons. The molecule has 3 nitrogen and oxygen atoms in total. The van der Waals surface area contributed by atoms with E-state index in [2.05, 4.69) is 37.3 Å². The van der Waals surface area contributed by atoms with Crippen molar-refractivity contribution in [3.05, 3.63) is 23.3 Å². The standard InChI is InChI=1S/C16H25N3/c1-4-17-13-7-5-6-8-14-11(13)10-18-15(19-14)12-9-16(12,2)3/h10,12-13,17H,4-9H2,1-3H3. The fourth-order valence-electron chi connectivity index (χ4n) is 3.26. The Morgan fingerprint density at radius 3 is 2.84 bits per heavy atom. The van der Waals surface area contributed by atoms with E-state index in [0.29, 0.717) is 17.4 Å². The van der Waals surface area contributed by atoms with Crippen LogP contribution in [-0.2, 0) is 6.42 Å². The van der Waals surface area contributed by atoms with Crippen molar-refractivity contribution in [1.29, 1.82) is 0 Å². The third kappa shape index (κ3) is 2.53. The van der Waals surface area contributed by atoms with E-state index in [4.69, 9.17) is 4.98 Å².